The molecule has 3 N–H and O–H groups in total. The molecule has 1 aromatic heterocycles. The van der Waals surface area contributed by atoms with E-state index in [2.05, 4.69) is 48.0 Å². The molecule has 2 bridgehead atoms. The summed E-state index contributed by atoms with van der Waals surface area (Å²) in [6.07, 6.45) is 5.77. The van der Waals surface area contributed by atoms with Gasteiger partial charge in [-0.05, 0) is 63.0 Å². The van der Waals surface area contributed by atoms with E-state index >= 15 is 0 Å². The summed E-state index contributed by atoms with van der Waals surface area (Å²) in [6.45, 7) is 4.94. The molecule has 1 heterocycles. The van der Waals surface area contributed by atoms with Crippen LogP contribution in [0.15, 0.2) is 36.4 Å². The molecule has 2 fully saturated rings. The maximum Gasteiger partial charge on any atom is 0.253 e. The molecule has 2 aromatic rings. The SMILES string of the molecule is Cc1cc(C(=O)NC2C3CCCC2CC(N)C3)c(C)n1Cc1ccccc1. The van der Waals surface area contributed by atoms with E-state index in [1.54, 1.807) is 0 Å². The van der Waals surface area contributed by atoms with Crippen LogP contribution in [0, 0.1) is 25.7 Å². The van der Waals surface area contributed by atoms with E-state index in [1.807, 2.05) is 12.1 Å². The number of benzene rings is 1. The van der Waals surface area contributed by atoms with Gasteiger partial charge in [-0.1, -0.05) is 36.8 Å². The molecule has 2 unspecified atom stereocenters. The number of fused-ring (bicyclic) bond motifs is 2. The zero-order valence-electron chi connectivity index (χ0n) is 16.4. The van der Waals surface area contributed by atoms with Crippen molar-refractivity contribution in [3.8, 4) is 0 Å². The van der Waals surface area contributed by atoms with Crippen LogP contribution in [0.2, 0.25) is 0 Å². The fourth-order valence-corrected chi connectivity index (χ4v) is 5.29. The Hall–Kier alpha value is -2.07. The third-order valence-electron chi connectivity index (χ3n) is 6.68. The molecule has 0 radical (unpaired) electrons. The van der Waals surface area contributed by atoms with Crippen molar-refractivity contribution in [2.24, 2.45) is 17.6 Å². The van der Waals surface area contributed by atoms with Crippen LogP contribution in [0.3, 0.4) is 0 Å². The van der Waals surface area contributed by atoms with Gasteiger partial charge >= 0.3 is 0 Å². The molecule has 2 aliphatic carbocycles. The van der Waals surface area contributed by atoms with Gasteiger partial charge in [-0.3, -0.25) is 4.79 Å². The van der Waals surface area contributed by atoms with Gasteiger partial charge in [0.05, 0.1) is 5.56 Å². The highest BCUT2D eigenvalue weighted by Gasteiger charge is 2.40. The summed E-state index contributed by atoms with van der Waals surface area (Å²) in [6, 6.07) is 13.1. The van der Waals surface area contributed by atoms with Gasteiger partial charge in [0, 0.05) is 30.0 Å². The van der Waals surface area contributed by atoms with Crippen LogP contribution in [-0.4, -0.2) is 22.6 Å². The molecule has 1 amide bonds. The number of rotatable bonds is 4. The average molecular weight is 366 g/mol. The van der Waals surface area contributed by atoms with Crippen LogP contribution in [0.5, 0.6) is 0 Å². The van der Waals surface area contributed by atoms with Gasteiger partial charge in [0.15, 0.2) is 0 Å². The first-order chi connectivity index (χ1) is 13.0. The number of carbonyl (C=O) groups is 1. The van der Waals surface area contributed by atoms with Crippen molar-refractivity contribution in [2.75, 3.05) is 0 Å². The molecule has 2 saturated carbocycles. The minimum Gasteiger partial charge on any atom is -0.349 e. The Balaban J connectivity index is 1.52. The second-order valence-corrected chi connectivity index (χ2v) is 8.54. The van der Waals surface area contributed by atoms with Gasteiger partial charge in [-0.2, -0.15) is 0 Å². The van der Waals surface area contributed by atoms with Crippen molar-refractivity contribution in [3.63, 3.8) is 0 Å². The molecular formula is C23H31N3O. The van der Waals surface area contributed by atoms with Crippen LogP contribution in [0.1, 0.15) is 59.4 Å². The fraction of sp³-hybridized carbons (Fsp3) is 0.522. The first-order valence-corrected chi connectivity index (χ1v) is 10.3. The molecule has 0 saturated heterocycles. The maximum atomic E-state index is 13.1. The van der Waals surface area contributed by atoms with Gasteiger partial charge in [0.1, 0.15) is 0 Å². The van der Waals surface area contributed by atoms with Crippen molar-refractivity contribution in [1.29, 1.82) is 0 Å². The van der Waals surface area contributed by atoms with Crippen LogP contribution < -0.4 is 11.1 Å². The monoisotopic (exact) mass is 365 g/mol. The molecule has 2 atom stereocenters. The minimum atomic E-state index is 0.0831. The van der Waals surface area contributed by atoms with Gasteiger partial charge in [0.25, 0.3) is 5.91 Å². The van der Waals surface area contributed by atoms with E-state index < -0.39 is 0 Å². The van der Waals surface area contributed by atoms with Gasteiger partial charge in [-0.15, -0.1) is 0 Å². The Labute approximate surface area is 162 Å². The van der Waals surface area contributed by atoms with Crippen molar-refractivity contribution < 1.29 is 4.79 Å². The van der Waals surface area contributed by atoms with Crippen molar-refractivity contribution in [1.82, 2.24) is 9.88 Å². The highest BCUT2D eigenvalue weighted by atomic mass is 16.1. The largest absolute Gasteiger partial charge is 0.349 e. The number of carbonyl (C=O) groups excluding carboxylic acids is 1. The molecule has 4 nitrogen and oxygen atoms in total. The van der Waals surface area contributed by atoms with Crippen LogP contribution in [0.4, 0.5) is 0 Å². The number of nitrogens with zero attached hydrogens (tertiary/aromatic N) is 1. The van der Waals surface area contributed by atoms with Crippen LogP contribution >= 0.6 is 0 Å². The highest BCUT2D eigenvalue weighted by molar-refractivity contribution is 5.96. The smallest absolute Gasteiger partial charge is 0.253 e. The Kier molecular flexibility index (Phi) is 5.09. The molecule has 0 spiro atoms. The number of hydrogen-bond donors (Lipinski definition) is 2. The summed E-state index contributed by atoms with van der Waals surface area (Å²) in [7, 11) is 0. The molecule has 4 heteroatoms. The third kappa shape index (κ3) is 3.68. The van der Waals surface area contributed by atoms with E-state index in [0.717, 1.165) is 36.3 Å². The lowest BCUT2D eigenvalue weighted by Gasteiger charge is -2.45. The lowest BCUT2D eigenvalue weighted by Crippen LogP contribution is -2.53. The Morgan fingerprint density at radius 2 is 1.81 bits per heavy atom. The predicted molar refractivity (Wildman–Crippen MR) is 109 cm³/mol. The van der Waals surface area contributed by atoms with Crippen molar-refractivity contribution in [3.05, 3.63) is 58.9 Å². The van der Waals surface area contributed by atoms with E-state index in [0.29, 0.717) is 23.9 Å². The quantitative estimate of drug-likeness (QED) is 0.866. The highest BCUT2D eigenvalue weighted by Crippen LogP contribution is 2.39. The van der Waals surface area contributed by atoms with Crippen molar-refractivity contribution >= 4 is 5.91 Å². The number of aryl methyl sites for hydroxylation is 1. The normalized spacial score (nSPS) is 27.4. The minimum absolute atomic E-state index is 0.0831. The average Bonchev–Trinajstić information content (AvgIpc) is 2.92. The Morgan fingerprint density at radius 1 is 1.15 bits per heavy atom. The summed E-state index contributed by atoms with van der Waals surface area (Å²) in [5.41, 5.74) is 10.5. The Morgan fingerprint density at radius 3 is 2.48 bits per heavy atom. The molecule has 2 aliphatic rings. The summed E-state index contributed by atoms with van der Waals surface area (Å²) in [5, 5.41) is 3.40. The first-order valence-electron chi connectivity index (χ1n) is 10.3. The van der Waals surface area contributed by atoms with Crippen molar-refractivity contribution in [2.45, 2.75) is 64.6 Å². The number of nitrogens with one attached hydrogen (secondary N) is 1. The maximum absolute atomic E-state index is 13.1. The van der Waals surface area contributed by atoms with E-state index in [9.17, 15) is 4.79 Å². The number of nitrogens with two attached hydrogens (primary N) is 1. The first kappa shape index (κ1) is 18.3. The summed E-state index contributed by atoms with van der Waals surface area (Å²) in [5.74, 6) is 1.17. The van der Waals surface area contributed by atoms with Crippen LogP contribution in [-0.2, 0) is 6.54 Å². The second kappa shape index (κ2) is 7.51. The topological polar surface area (TPSA) is 60.1 Å². The number of hydrogen-bond acceptors (Lipinski definition) is 2. The third-order valence-corrected chi connectivity index (χ3v) is 6.68. The van der Waals surface area contributed by atoms with Gasteiger partial charge in [-0.25, -0.2) is 0 Å². The standard InChI is InChI=1S/C23H31N3O/c1-15-11-21(16(2)26(15)14-17-7-4-3-5-8-17)23(27)25-22-18-9-6-10-19(22)13-20(24)12-18/h3-5,7-8,11,18-20,22H,6,9-10,12-14,24H2,1-2H3,(H,25,27). The number of aromatic nitrogens is 1. The summed E-state index contributed by atoms with van der Waals surface area (Å²) in [4.78, 5) is 13.1. The van der Waals surface area contributed by atoms with Crippen LogP contribution in [0.25, 0.3) is 0 Å². The molecular weight excluding hydrogens is 334 g/mol. The molecule has 1 aromatic carbocycles. The molecule has 27 heavy (non-hydrogen) atoms. The molecule has 4 rings (SSSR count). The van der Waals surface area contributed by atoms with E-state index in [1.165, 1.54) is 24.8 Å². The predicted octanol–water partition coefficient (Wildman–Crippen LogP) is 3.79. The zero-order valence-corrected chi connectivity index (χ0v) is 16.4. The summed E-state index contributed by atoms with van der Waals surface area (Å²) >= 11 is 0. The number of amides is 1. The Bertz CT molecular complexity index is 797. The van der Waals surface area contributed by atoms with Gasteiger partial charge < -0.3 is 15.6 Å². The molecule has 0 aliphatic heterocycles. The molecule has 144 valence electrons. The fourth-order valence-electron chi connectivity index (χ4n) is 5.29. The van der Waals surface area contributed by atoms with E-state index in [-0.39, 0.29) is 5.91 Å². The van der Waals surface area contributed by atoms with Gasteiger partial charge in [0.2, 0.25) is 0 Å². The lowest BCUT2D eigenvalue weighted by atomic mass is 9.67. The zero-order chi connectivity index (χ0) is 19.0. The van der Waals surface area contributed by atoms with E-state index in [4.69, 9.17) is 5.73 Å². The second-order valence-electron chi connectivity index (χ2n) is 8.54. The lowest BCUT2D eigenvalue weighted by molar-refractivity contribution is 0.0755. The summed E-state index contributed by atoms with van der Waals surface area (Å²) < 4.78 is 2.24.